The summed E-state index contributed by atoms with van der Waals surface area (Å²) < 4.78 is 0. The van der Waals surface area contributed by atoms with Crippen molar-refractivity contribution in [2.75, 3.05) is 0 Å². The second-order valence-corrected chi connectivity index (χ2v) is 8.47. The smallest absolute Gasteiger partial charge is 0.220 e. The number of rotatable bonds is 3. The van der Waals surface area contributed by atoms with Crippen LogP contribution in [0.4, 0.5) is 0 Å². The summed E-state index contributed by atoms with van der Waals surface area (Å²) in [6.45, 7) is 0. The maximum absolute atomic E-state index is 12.5. The third-order valence-corrected chi connectivity index (χ3v) is 6.61. The number of carbonyl (C=O) groups excluding carboxylic acids is 2. The summed E-state index contributed by atoms with van der Waals surface area (Å²) in [7, 11) is 0. The van der Waals surface area contributed by atoms with E-state index in [0.717, 1.165) is 37.0 Å². The molecule has 5 fully saturated rings. The van der Waals surface area contributed by atoms with Crippen molar-refractivity contribution in [3.05, 3.63) is 0 Å². The summed E-state index contributed by atoms with van der Waals surface area (Å²) in [5.41, 5.74) is 0.337. The van der Waals surface area contributed by atoms with E-state index in [1.54, 1.807) is 0 Å². The van der Waals surface area contributed by atoms with Crippen molar-refractivity contribution in [1.29, 1.82) is 0 Å². The number of ketones is 1. The number of hydrogen-bond acceptors (Lipinski definition) is 2. The van der Waals surface area contributed by atoms with Crippen molar-refractivity contribution in [2.45, 2.75) is 76.7 Å². The van der Waals surface area contributed by atoms with Crippen LogP contribution >= 0.6 is 0 Å². The van der Waals surface area contributed by atoms with Gasteiger partial charge in [-0.25, -0.2) is 0 Å². The molecular formula is C18H27NO2. The molecule has 0 aromatic carbocycles. The van der Waals surface area contributed by atoms with E-state index < -0.39 is 0 Å². The van der Waals surface area contributed by atoms with Crippen molar-refractivity contribution in [3.8, 4) is 0 Å². The molecule has 21 heavy (non-hydrogen) atoms. The molecule has 0 atom stereocenters. The molecule has 5 rings (SSSR count). The SMILES string of the molecule is O=C1CCC(NC(=O)CC23CC4CC(CC(C4)C2)C3)CC1. The molecule has 0 aliphatic heterocycles. The van der Waals surface area contributed by atoms with Gasteiger partial charge in [0.25, 0.3) is 0 Å². The maximum Gasteiger partial charge on any atom is 0.220 e. The molecule has 0 radical (unpaired) electrons. The minimum atomic E-state index is 0.254. The zero-order chi connectivity index (χ0) is 14.4. The molecule has 4 bridgehead atoms. The summed E-state index contributed by atoms with van der Waals surface area (Å²) in [5.74, 6) is 3.36. The van der Waals surface area contributed by atoms with Gasteiger partial charge in [0.2, 0.25) is 5.91 Å². The number of Topliss-reactive ketones (excluding diaryl/α,β-unsaturated/α-hetero) is 1. The number of nitrogens with one attached hydrogen (secondary N) is 1. The monoisotopic (exact) mass is 289 g/mol. The zero-order valence-corrected chi connectivity index (χ0v) is 12.9. The first-order valence-corrected chi connectivity index (χ1v) is 8.91. The van der Waals surface area contributed by atoms with E-state index in [4.69, 9.17) is 0 Å². The van der Waals surface area contributed by atoms with Crippen LogP contribution in [0.2, 0.25) is 0 Å². The number of carbonyl (C=O) groups is 2. The van der Waals surface area contributed by atoms with E-state index >= 15 is 0 Å². The Morgan fingerprint density at radius 3 is 2.05 bits per heavy atom. The Morgan fingerprint density at radius 2 is 1.52 bits per heavy atom. The van der Waals surface area contributed by atoms with Gasteiger partial charge in [-0.3, -0.25) is 9.59 Å². The van der Waals surface area contributed by atoms with E-state index in [1.807, 2.05) is 0 Å². The summed E-state index contributed by atoms with van der Waals surface area (Å²) >= 11 is 0. The molecule has 1 N–H and O–H groups in total. The molecule has 3 heteroatoms. The Balaban J connectivity index is 1.35. The molecule has 5 aliphatic rings. The fourth-order valence-electron chi connectivity index (χ4n) is 6.21. The largest absolute Gasteiger partial charge is 0.353 e. The topological polar surface area (TPSA) is 46.2 Å². The second kappa shape index (κ2) is 5.10. The Labute approximate surface area is 127 Å². The van der Waals surface area contributed by atoms with Gasteiger partial charge in [-0.2, -0.15) is 0 Å². The lowest BCUT2D eigenvalue weighted by molar-refractivity contribution is -0.131. The number of hydrogen-bond donors (Lipinski definition) is 1. The highest BCUT2D eigenvalue weighted by molar-refractivity contribution is 5.80. The van der Waals surface area contributed by atoms with Gasteiger partial charge in [0, 0.05) is 25.3 Å². The minimum Gasteiger partial charge on any atom is -0.353 e. The predicted molar refractivity (Wildman–Crippen MR) is 80.6 cm³/mol. The summed E-state index contributed by atoms with van der Waals surface area (Å²) in [6.07, 6.45) is 12.0. The predicted octanol–water partition coefficient (Wildman–Crippen LogP) is 3.22. The Bertz CT molecular complexity index is 411. The van der Waals surface area contributed by atoms with E-state index in [0.29, 0.717) is 24.0 Å². The van der Waals surface area contributed by atoms with Crippen LogP contribution < -0.4 is 5.32 Å². The van der Waals surface area contributed by atoms with Crippen molar-refractivity contribution >= 4 is 11.7 Å². The van der Waals surface area contributed by atoms with Crippen LogP contribution in [0, 0.1) is 23.2 Å². The molecule has 116 valence electrons. The van der Waals surface area contributed by atoms with Gasteiger partial charge in [0.05, 0.1) is 0 Å². The normalized spacial score (nSPS) is 42.3. The third-order valence-electron chi connectivity index (χ3n) is 6.61. The van der Waals surface area contributed by atoms with Crippen LogP contribution in [0.15, 0.2) is 0 Å². The van der Waals surface area contributed by atoms with Gasteiger partial charge in [-0.1, -0.05) is 0 Å². The fourth-order valence-corrected chi connectivity index (χ4v) is 6.21. The van der Waals surface area contributed by atoms with Crippen LogP contribution in [0.25, 0.3) is 0 Å². The van der Waals surface area contributed by atoms with Crippen LogP contribution in [0.5, 0.6) is 0 Å². The van der Waals surface area contributed by atoms with Crippen molar-refractivity contribution in [2.24, 2.45) is 23.2 Å². The Kier molecular flexibility index (Phi) is 3.35. The second-order valence-electron chi connectivity index (χ2n) is 8.47. The summed E-state index contributed by atoms with van der Waals surface area (Å²) in [4.78, 5) is 23.8. The third kappa shape index (κ3) is 2.76. The molecule has 0 aromatic rings. The average molecular weight is 289 g/mol. The molecular weight excluding hydrogens is 262 g/mol. The van der Waals surface area contributed by atoms with Crippen LogP contribution in [0.3, 0.4) is 0 Å². The Morgan fingerprint density at radius 1 is 1.00 bits per heavy atom. The lowest BCUT2D eigenvalue weighted by Crippen LogP contribution is -2.49. The molecule has 0 aromatic heterocycles. The van der Waals surface area contributed by atoms with Gasteiger partial charge in [-0.05, 0) is 74.5 Å². The molecule has 0 unspecified atom stereocenters. The minimum absolute atomic E-state index is 0.254. The fraction of sp³-hybridized carbons (Fsp3) is 0.889. The molecule has 0 spiro atoms. The van der Waals surface area contributed by atoms with E-state index in [9.17, 15) is 9.59 Å². The van der Waals surface area contributed by atoms with Crippen LogP contribution in [-0.4, -0.2) is 17.7 Å². The summed E-state index contributed by atoms with van der Waals surface area (Å²) in [6, 6.07) is 0.254. The van der Waals surface area contributed by atoms with Gasteiger partial charge < -0.3 is 5.32 Å². The first kappa shape index (κ1) is 13.8. The highest BCUT2D eigenvalue weighted by Crippen LogP contribution is 2.61. The zero-order valence-electron chi connectivity index (χ0n) is 12.9. The quantitative estimate of drug-likeness (QED) is 0.867. The molecule has 3 nitrogen and oxygen atoms in total. The lowest BCUT2D eigenvalue weighted by Gasteiger charge is -2.56. The van der Waals surface area contributed by atoms with Crippen LogP contribution in [0.1, 0.15) is 70.6 Å². The van der Waals surface area contributed by atoms with Gasteiger partial charge in [0.1, 0.15) is 5.78 Å². The summed E-state index contributed by atoms with van der Waals surface area (Å²) in [5, 5.41) is 3.22. The number of amides is 1. The molecule has 1 amide bonds. The van der Waals surface area contributed by atoms with Crippen molar-refractivity contribution in [3.63, 3.8) is 0 Å². The maximum atomic E-state index is 12.5. The van der Waals surface area contributed by atoms with E-state index in [1.165, 1.54) is 38.5 Å². The average Bonchev–Trinajstić information content (AvgIpc) is 2.39. The van der Waals surface area contributed by atoms with Gasteiger partial charge in [0.15, 0.2) is 0 Å². The molecule has 0 saturated heterocycles. The van der Waals surface area contributed by atoms with Gasteiger partial charge >= 0.3 is 0 Å². The lowest BCUT2D eigenvalue weighted by atomic mass is 9.49. The van der Waals surface area contributed by atoms with E-state index in [2.05, 4.69) is 5.32 Å². The Hall–Kier alpha value is -0.860. The van der Waals surface area contributed by atoms with E-state index in [-0.39, 0.29) is 11.9 Å². The van der Waals surface area contributed by atoms with Crippen molar-refractivity contribution in [1.82, 2.24) is 5.32 Å². The highest BCUT2D eigenvalue weighted by atomic mass is 16.1. The first-order chi connectivity index (χ1) is 10.1. The van der Waals surface area contributed by atoms with Crippen molar-refractivity contribution < 1.29 is 9.59 Å². The molecule has 5 saturated carbocycles. The first-order valence-electron chi connectivity index (χ1n) is 8.91. The highest BCUT2D eigenvalue weighted by Gasteiger charge is 2.51. The standard InChI is InChI=1S/C18H27NO2/c20-16-3-1-15(2-4-16)19-17(21)11-18-8-12-5-13(9-18)7-14(6-12)10-18/h12-15H,1-11H2,(H,19,21). The molecule has 5 aliphatic carbocycles. The van der Waals surface area contributed by atoms with Crippen LogP contribution in [-0.2, 0) is 9.59 Å². The van der Waals surface area contributed by atoms with Gasteiger partial charge in [-0.15, -0.1) is 0 Å². The molecule has 0 heterocycles.